The lowest BCUT2D eigenvalue weighted by Crippen LogP contribution is -2.16. The number of methoxy groups -OCH3 is 1. The molecule has 0 aromatic rings. The van der Waals surface area contributed by atoms with Gasteiger partial charge in [-0.05, 0) is 24.7 Å². The highest BCUT2D eigenvalue weighted by atomic mass is 16.5. The molecule has 0 heterocycles. The molecule has 0 saturated carbocycles. The maximum Gasteiger partial charge on any atom is 0.305 e. The fourth-order valence-electron chi connectivity index (χ4n) is 6.50. The molecule has 0 aliphatic heterocycles. The molecule has 2 atom stereocenters. The van der Waals surface area contributed by atoms with Gasteiger partial charge < -0.3 is 10.5 Å². The lowest BCUT2D eigenvalue weighted by molar-refractivity contribution is -0.140. The molecule has 0 aliphatic rings. The fraction of sp³-hybridized carbons (Fsp3) is 0.946. The van der Waals surface area contributed by atoms with Crippen LogP contribution in [0.25, 0.3) is 0 Å². The third-order valence-corrected chi connectivity index (χ3v) is 9.21. The van der Waals surface area contributed by atoms with Crippen molar-refractivity contribution in [2.75, 3.05) is 7.11 Å². The van der Waals surface area contributed by atoms with E-state index in [9.17, 15) is 9.59 Å². The van der Waals surface area contributed by atoms with Crippen molar-refractivity contribution in [2.45, 2.75) is 206 Å². The van der Waals surface area contributed by atoms with Crippen molar-refractivity contribution in [3.05, 3.63) is 0 Å². The highest BCUT2D eigenvalue weighted by Gasteiger charge is 2.20. The van der Waals surface area contributed by atoms with Crippen molar-refractivity contribution < 1.29 is 14.3 Å². The van der Waals surface area contributed by atoms with Crippen molar-refractivity contribution in [3.8, 4) is 0 Å². The van der Waals surface area contributed by atoms with Gasteiger partial charge in [-0.3, -0.25) is 9.59 Å². The van der Waals surface area contributed by atoms with Gasteiger partial charge in [-0.25, -0.2) is 0 Å². The van der Waals surface area contributed by atoms with Crippen LogP contribution in [0.5, 0.6) is 0 Å². The van der Waals surface area contributed by atoms with Crippen LogP contribution in [-0.2, 0) is 14.3 Å². The minimum atomic E-state index is -0.155. The van der Waals surface area contributed by atoms with Crippen LogP contribution >= 0.6 is 0 Å². The number of amides is 1. The molecule has 4 heteroatoms. The number of esters is 1. The number of carbonyl (C=O) groups is 2. The topological polar surface area (TPSA) is 69.4 Å². The van der Waals surface area contributed by atoms with Crippen molar-refractivity contribution in [1.82, 2.24) is 0 Å². The number of primary amides is 1. The molecule has 0 spiro atoms. The van der Waals surface area contributed by atoms with Crippen LogP contribution in [0.1, 0.15) is 206 Å². The van der Waals surface area contributed by atoms with Crippen LogP contribution in [0, 0.1) is 11.8 Å². The summed E-state index contributed by atoms with van der Waals surface area (Å²) in [4.78, 5) is 22.3. The Balaban J connectivity index is 4.73. The van der Waals surface area contributed by atoms with Gasteiger partial charge in [0.05, 0.1) is 7.11 Å². The molecule has 0 aliphatic carbocycles. The van der Waals surface area contributed by atoms with Gasteiger partial charge in [-0.2, -0.15) is 0 Å². The van der Waals surface area contributed by atoms with Crippen LogP contribution < -0.4 is 5.73 Å². The number of rotatable bonds is 33. The van der Waals surface area contributed by atoms with Crippen LogP contribution in [0.3, 0.4) is 0 Å². The van der Waals surface area contributed by atoms with E-state index in [2.05, 4.69) is 13.8 Å². The predicted molar refractivity (Wildman–Crippen MR) is 178 cm³/mol. The van der Waals surface area contributed by atoms with E-state index >= 15 is 0 Å². The van der Waals surface area contributed by atoms with Gasteiger partial charge >= 0.3 is 5.97 Å². The first-order valence-corrected chi connectivity index (χ1v) is 18.4. The zero-order chi connectivity index (χ0) is 30.2. The molecule has 0 aromatic carbocycles. The van der Waals surface area contributed by atoms with E-state index in [0.29, 0.717) is 12.8 Å². The predicted octanol–water partition coefficient (Wildman–Crippen LogP) is 11.6. The lowest BCUT2D eigenvalue weighted by Gasteiger charge is -2.28. The number of hydrogen-bond donors (Lipinski definition) is 1. The highest BCUT2D eigenvalue weighted by molar-refractivity contribution is 5.73. The van der Waals surface area contributed by atoms with E-state index in [4.69, 9.17) is 10.5 Å². The summed E-state index contributed by atoms with van der Waals surface area (Å²) < 4.78 is 4.77. The van der Waals surface area contributed by atoms with Gasteiger partial charge in [-0.15, -0.1) is 0 Å². The number of unbranched alkanes of at least 4 members (excludes halogenated alkanes) is 20. The highest BCUT2D eigenvalue weighted by Crippen LogP contribution is 2.33. The monoisotopic (exact) mass is 580 g/mol. The second kappa shape index (κ2) is 31.9. The van der Waals surface area contributed by atoms with Gasteiger partial charge in [0.1, 0.15) is 0 Å². The summed E-state index contributed by atoms with van der Waals surface area (Å²) in [7, 11) is 1.48. The molecule has 1 amide bonds. The second-order valence-electron chi connectivity index (χ2n) is 13.0. The molecule has 2 unspecified atom stereocenters. The van der Waals surface area contributed by atoms with Gasteiger partial charge in [0, 0.05) is 12.8 Å². The first-order valence-electron chi connectivity index (χ1n) is 18.4. The van der Waals surface area contributed by atoms with Gasteiger partial charge in [-0.1, -0.05) is 181 Å². The third kappa shape index (κ3) is 28.8. The number of ether oxygens (including phenoxy) is 1. The summed E-state index contributed by atoms with van der Waals surface area (Å²) in [6, 6.07) is 0. The zero-order valence-corrected chi connectivity index (χ0v) is 28.2. The smallest absolute Gasteiger partial charge is 0.305 e. The van der Waals surface area contributed by atoms with Crippen molar-refractivity contribution in [3.63, 3.8) is 0 Å². The van der Waals surface area contributed by atoms with Crippen LogP contribution in [0.4, 0.5) is 0 Å². The van der Waals surface area contributed by atoms with Crippen LogP contribution in [-0.4, -0.2) is 19.0 Å². The summed E-state index contributed by atoms with van der Waals surface area (Å²) >= 11 is 0. The number of nitrogens with two attached hydrogens (primary N) is 1. The van der Waals surface area contributed by atoms with E-state index in [1.807, 2.05) is 0 Å². The Labute approximate surface area is 257 Å². The normalized spacial score (nSPS) is 12.9. The number of carbonyl (C=O) groups excluding carboxylic acids is 2. The van der Waals surface area contributed by atoms with Gasteiger partial charge in [0.25, 0.3) is 0 Å². The second-order valence-corrected chi connectivity index (χ2v) is 13.0. The Hall–Kier alpha value is -1.06. The molecule has 244 valence electrons. The molecule has 4 nitrogen and oxygen atoms in total. The summed E-state index contributed by atoms with van der Waals surface area (Å²) in [5.41, 5.74) is 5.29. The molecule has 0 aromatic heterocycles. The van der Waals surface area contributed by atoms with E-state index in [1.54, 1.807) is 0 Å². The summed E-state index contributed by atoms with van der Waals surface area (Å²) in [6.45, 7) is 4.62. The minimum absolute atomic E-state index is 0.0676. The van der Waals surface area contributed by atoms with E-state index in [1.165, 1.54) is 161 Å². The lowest BCUT2D eigenvalue weighted by atomic mass is 9.78. The number of hydrogen-bond acceptors (Lipinski definition) is 3. The Morgan fingerprint density at radius 2 is 0.756 bits per heavy atom. The Kier molecular flexibility index (Phi) is 31.0. The molecule has 2 N–H and O–H groups in total. The molecule has 0 rings (SSSR count). The Bertz CT molecular complexity index is 564. The molecule has 0 bridgehead atoms. The van der Waals surface area contributed by atoms with Crippen molar-refractivity contribution in [1.29, 1.82) is 0 Å². The van der Waals surface area contributed by atoms with Gasteiger partial charge in [0.15, 0.2) is 0 Å². The first kappa shape index (κ1) is 39.9. The van der Waals surface area contributed by atoms with Crippen LogP contribution in [0.2, 0.25) is 0 Å². The Morgan fingerprint density at radius 1 is 0.463 bits per heavy atom. The molecular weight excluding hydrogens is 506 g/mol. The van der Waals surface area contributed by atoms with E-state index < -0.39 is 0 Å². The van der Waals surface area contributed by atoms with Crippen molar-refractivity contribution in [2.24, 2.45) is 17.6 Å². The Morgan fingerprint density at radius 3 is 1.07 bits per heavy atom. The summed E-state index contributed by atoms with van der Waals surface area (Å²) in [5.74, 6) is 1.60. The third-order valence-electron chi connectivity index (χ3n) is 9.21. The summed E-state index contributed by atoms with van der Waals surface area (Å²) in [6.07, 6.45) is 38.5. The van der Waals surface area contributed by atoms with Crippen LogP contribution in [0.15, 0.2) is 0 Å². The van der Waals surface area contributed by atoms with E-state index in [-0.39, 0.29) is 11.9 Å². The quantitative estimate of drug-likeness (QED) is 0.0621. The maximum absolute atomic E-state index is 11.3. The first-order chi connectivity index (χ1) is 20.0. The molecule has 0 radical (unpaired) electrons. The maximum atomic E-state index is 11.3. The fourth-order valence-corrected chi connectivity index (χ4v) is 6.50. The molecule has 41 heavy (non-hydrogen) atoms. The largest absolute Gasteiger partial charge is 0.469 e. The average molecular weight is 580 g/mol. The standard InChI is InChI=1S/C37H73NO3/c1-4-6-8-10-16-22-28-34(30-24-18-12-14-20-26-32-36(38)39)35(29-23-17-11-9-7-5-2)31-25-19-13-15-21-27-33-37(40)41-3/h34-35H,4-33H2,1-3H3,(H2,38,39). The minimum Gasteiger partial charge on any atom is -0.469 e. The average Bonchev–Trinajstić information content (AvgIpc) is 2.96. The van der Waals surface area contributed by atoms with Crippen molar-refractivity contribution >= 4 is 11.9 Å². The molecule has 0 fully saturated rings. The van der Waals surface area contributed by atoms with Gasteiger partial charge in [0.2, 0.25) is 5.91 Å². The van der Waals surface area contributed by atoms with E-state index in [0.717, 1.165) is 37.5 Å². The summed E-state index contributed by atoms with van der Waals surface area (Å²) in [5, 5.41) is 0. The SMILES string of the molecule is CCCCCCCCC(CCCCCCCCC(N)=O)C(CCCCCCCC)CCCCCCCCC(=O)OC. The molecule has 0 saturated heterocycles. The molecular formula is C37H73NO3. The zero-order valence-electron chi connectivity index (χ0n) is 28.2.